The first-order valence-electron chi connectivity index (χ1n) is 11.4. The Kier molecular flexibility index (Phi) is 9.51. The van der Waals surface area contributed by atoms with Crippen LogP contribution in [0.1, 0.15) is 18.4 Å². The fourth-order valence-corrected chi connectivity index (χ4v) is 7.12. The van der Waals surface area contributed by atoms with E-state index in [4.69, 9.17) is 19.9 Å². The maximum absolute atomic E-state index is 13.4. The van der Waals surface area contributed by atoms with E-state index in [0.717, 1.165) is 15.6 Å². The normalized spacial score (nSPS) is 17.9. The number of halogens is 3. The van der Waals surface area contributed by atoms with Gasteiger partial charge in [0.1, 0.15) is 0 Å². The van der Waals surface area contributed by atoms with Crippen LogP contribution >= 0.6 is 11.3 Å². The smallest absolute Gasteiger partial charge is 0.475 e. The lowest BCUT2D eigenvalue weighted by atomic mass is 9.98. The summed E-state index contributed by atoms with van der Waals surface area (Å²) in [6, 6.07) is 9.42. The number of anilines is 1. The molecule has 0 atom stereocenters. The molecular formula is C22H24F3N5O7S2. The van der Waals surface area contributed by atoms with Gasteiger partial charge in [0.05, 0.1) is 16.5 Å². The number of hydrogen-bond donors (Lipinski definition) is 3. The second kappa shape index (κ2) is 12.3. The summed E-state index contributed by atoms with van der Waals surface area (Å²) in [5.74, 6) is -3.67. The second-order valence-corrected chi connectivity index (χ2v) is 11.7. The van der Waals surface area contributed by atoms with Crippen LogP contribution in [-0.4, -0.2) is 90.2 Å². The van der Waals surface area contributed by atoms with Crippen molar-refractivity contribution < 1.29 is 46.2 Å². The number of benzene rings is 1. The zero-order valence-corrected chi connectivity index (χ0v) is 21.9. The third-order valence-electron chi connectivity index (χ3n) is 6.17. The van der Waals surface area contributed by atoms with E-state index in [9.17, 15) is 31.6 Å². The van der Waals surface area contributed by atoms with Gasteiger partial charge in [-0.15, -0.1) is 0 Å². The van der Waals surface area contributed by atoms with Crippen LogP contribution in [0.3, 0.4) is 0 Å². The fraction of sp³-hybridized carbons (Fsp3) is 0.455. The number of ether oxygens (including phenoxy) is 1. The number of piperazine rings is 1. The predicted octanol–water partition coefficient (Wildman–Crippen LogP) is 1.82. The lowest BCUT2D eigenvalue weighted by molar-refractivity contribution is -0.192. The Bertz CT molecular complexity index is 1330. The number of carboxylic acids is 1. The monoisotopic (exact) mass is 591 g/mol. The van der Waals surface area contributed by atoms with Crippen LogP contribution in [0, 0.1) is 11.3 Å². The first-order chi connectivity index (χ1) is 18.4. The minimum absolute atomic E-state index is 0.000454. The van der Waals surface area contributed by atoms with Crippen molar-refractivity contribution >= 4 is 38.4 Å². The predicted molar refractivity (Wildman–Crippen MR) is 131 cm³/mol. The van der Waals surface area contributed by atoms with Crippen molar-refractivity contribution in [2.45, 2.75) is 23.8 Å². The van der Waals surface area contributed by atoms with Crippen LogP contribution in [0.5, 0.6) is 0 Å². The second-order valence-electron chi connectivity index (χ2n) is 8.44. The first-order valence-corrected chi connectivity index (χ1v) is 13.6. The van der Waals surface area contributed by atoms with Crippen molar-refractivity contribution in [3.8, 4) is 16.5 Å². The Hall–Kier alpha value is -3.30. The third kappa shape index (κ3) is 6.65. The van der Waals surface area contributed by atoms with Gasteiger partial charge >= 0.3 is 12.1 Å². The topological polar surface area (TPSA) is 173 Å². The maximum atomic E-state index is 13.4. The number of alkyl halides is 3. The van der Waals surface area contributed by atoms with E-state index in [2.05, 4.69) is 11.1 Å². The van der Waals surface area contributed by atoms with Crippen molar-refractivity contribution in [1.82, 2.24) is 14.8 Å². The van der Waals surface area contributed by atoms with Crippen LogP contribution in [0.25, 0.3) is 10.4 Å². The van der Waals surface area contributed by atoms with Gasteiger partial charge in [-0.3, -0.25) is 10.0 Å². The number of carbonyl (C=O) groups excluding carboxylic acids is 1. The quantitative estimate of drug-likeness (QED) is 0.344. The molecule has 39 heavy (non-hydrogen) atoms. The molecule has 2 aromatic rings. The Morgan fingerprint density at radius 3 is 2.33 bits per heavy atom. The van der Waals surface area contributed by atoms with Gasteiger partial charge in [0, 0.05) is 58.4 Å². The number of sulfonamides is 1. The summed E-state index contributed by atoms with van der Waals surface area (Å²) in [7, 11) is -4.00. The maximum Gasteiger partial charge on any atom is 0.490 e. The van der Waals surface area contributed by atoms with E-state index in [1.165, 1.54) is 15.6 Å². The summed E-state index contributed by atoms with van der Waals surface area (Å²) in [6.07, 6.45) is -3.33. The summed E-state index contributed by atoms with van der Waals surface area (Å²) in [5.41, 5.74) is 3.02. The average molecular weight is 592 g/mol. The van der Waals surface area contributed by atoms with Crippen molar-refractivity contribution in [1.29, 1.82) is 5.26 Å². The number of nitrogens with zero attached hydrogens (tertiary/aromatic N) is 4. The molecule has 1 aromatic carbocycles. The van der Waals surface area contributed by atoms with Crippen molar-refractivity contribution in [2.75, 3.05) is 44.3 Å². The van der Waals surface area contributed by atoms with Crippen LogP contribution in [0.15, 0.2) is 30.5 Å². The molecule has 2 aliphatic heterocycles. The van der Waals surface area contributed by atoms with Gasteiger partial charge in [-0.2, -0.15) is 22.7 Å². The summed E-state index contributed by atoms with van der Waals surface area (Å²) in [5, 5.41) is 26.2. The lowest BCUT2D eigenvalue weighted by Gasteiger charge is -2.41. The van der Waals surface area contributed by atoms with Crippen molar-refractivity contribution in [3.05, 3.63) is 36.0 Å². The molecule has 212 valence electrons. The molecule has 0 radical (unpaired) electrons. The number of carbonyl (C=O) groups is 2. The largest absolute Gasteiger partial charge is 0.490 e. The molecule has 4 rings (SSSR count). The summed E-state index contributed by atoms with van der Waals surface area (Å²) in [6.45, 7) is 1.56. The first kappa shape index (κ1) is 30.2. The lowest BCUT2D eigenvalue weighted by Crippen LogP contribution is -2.62. The highest BCUT2D eigenvalue weighted by Gasteiger charge is 2.54. The zero-order valence-electron chi connectivity index (χ0n) is 20.2. The molecule has 17 heteroatoms. The number of amides is 1. The van der Waals surface area contributed by atoms with Crippen molar-refractivity contribution in [2.24, 2.45) is 0 Å². The van der Waals surface area contributed by atoms with Gasteiger partial charge in [0.2, 0.25) is 10.0 Å². The Morgan fingerprint density at radius 2 is 1.79 bits per heavy atom. The number of nitrogens with one attached hydrogen (secondary N) is 1. The van der Waals surface area contributed by atoms with Gasteiger partial charge in [-0.05, 0) is 17.7 Å². The highest BCUT2D eigenvalue weighted by Crippen LogP contribution is 2.35. The Morgan fingerprint density at radius 1 is 1.18 bits per heavy atom. The molecule has 0 bridgehead atoms. The van der Waals surface area contributed by atoms with E-state index in [0.29, 0.717) is 18.7 Å². The van der Waals surface area contributed by atoms with Gasteiger partial charge in [0.15, 0.2) is 9.88 Å². The number of rotatable bonds is 5. The molecular weight excluding hydrogens is 567 g/mol. The average Bonchev–Trinajstić information content (AvgIpc) is 3.43. The molecule has 0 unspecified atom stereocenters. The van der Waals surface area contributed by atoms with E-state index in [1.807, 2.05) is 17.0 Å². The van der Waals surface area contributed by atoms with Gasteiger partial charge in [-0.1, -0.05) is 23.5 Å². The molecule has 3 heterocycles. The summed E-state index contributed by atoms with van der Waals surface area (Å²) < 4.78 is 63.4. The SMILES string of the molecule is N#Cc1cccc(-c2cnc(N3CCN(S(=O)(=O)C4(C(=O)NO)CCOCC4)CC3)s2)c1.O=C(O)C(F)(F)F. The van der Waals surface area contributed by atoms with Crippen LogP contribution in [-0.2, 0) is 24.3 Å². The van der Waals surface area contributed by atoms with Crippen LogP contribution in [0.4, 0.5) is 18.3 Å². The summed E-state index contributed by atoms with van der Waals surface area (Å²) >= 11 is 1.48. The summed E-state index contributed by atoms with van der Waals surface area (Å²) in [4.78, 5) is 28.7. The molecule has 2 fully saturated rings. The number of hydrogen-bond acceptors (Lipinski definition) is 10. The van der Waals surface area contributed by atoms with Gasteiger partial charge in [-0.25, -0.2) is 23.7 Å². The number of carboxylic acid groups (broad SMARTS) is 1. The Labute approximate surface area is 225 Å². The molecule has 0 aliphatic carbocycles. The number of nitriles is 1. The minimum Gasteiger partial charge on any atom is -0.475 e. The molecule has 1 amide bonds. The number of aromatic nitrogens is 1. The molecule has 0 saturated carbocycles. The van der Waals surface area contributed by atoms with E-state index >= 15 is 0 Å². The minimum atomic E-state index is -5.08. The number of thiazole rings is 1. The van der Waals surface area contributed by atoms with E-state index < -0.39 is 32.8 Å². The van der Waals surface area contributed by atoms with Gasteiger partial charge in [0.25, 0.3) is 5.91 Å². The fourth-order valence-electron chi connectivity index (χ4n) is 4.06. The third-order valence-corrected chi connectivity index (χ3v) is 9.90. The highest BCUT2D eigenvalue weighted by atomic mass is 32.2. The molecule has 12 nitrogen and oxygen atoms in total. The zero-order chi connectivity index (χ0) is 28.8. The van der Waals surface area contributed by atoms with E-state index in [1.54, 1.807) is 23.8 Å². The Balaban J connectivity index is 0.000000532. The number of hydroxylamine groups is 1. The number of aliphatic carboxylic acids is 1. The molecule has 2 aliphatic rings. The highest BCUT2D eigenvalue weighted by molar-refractivity contribution is 7.91. The molecule has 3 N–H and O–H groups in total. The molecule has 2 saturated heterocycles. The molecule has 1 aromatic heterocycles. The molecule has 0 spiro atoms. The van der Waals surface area contributed by atoms with Crippen molar-refractivity contribution in [3.63, 3.8) is 0 Å². The van der Waals surface area contributed by atoms with Crippen LogP contribution in [0.2, 0.25) is 0 Å². The van der Waals surface area contributed by atoms with Crippen LogP contribution < -0.4 is 10.4 Å². The van der Waals surface area contributed by atoms with Gasteiger partial charge < -0.3 is 14.7 Å². The standard InChI is InChI=1S/C20H23N5O5S2.C2HF3O2/c21-13-15-2-1-3-16(12-15)17-14-22-19(31-17)24-6-8-25(9-7-24)32(28,29)20(18(26)23-27)4-10-30-11-5-20;3-2(4,5)1(6)7/h1-3,12,14,27H,4-11H2,(H,23,26);(H,6,7). The van der Waals surface area contributed by atoms with E-state index in [-0.39, 0.29) is 39.1 Å².